The average molecular weight is 296 g/mol. The highest BCUT2D eigenvalue weighted by Crippen LogP contribution is 2.12. The molecule has 6 heteroatoms. The minimum absolute atomic E-state index is 0.214. The Balaban J connectivity index is 1.69. The first-order valence-corrected chi connectivity index (χ1v) is 6.98. The van der Waals surface area contributed by atoms with Gasteiger partial charge in [0.2, 0.25) is 5.91 Å². The Kier molecular flexibility index (Phi) is 3.74. The number of pyridine rings is 1. The van der Waals surface area contributed by atoms with Gasteiger partial charge in [0.15, 0.2) is 11.5 Å². The third-order valence-electron chi connectivity index (χ3n) is 3.25. The van der Waals surface area contributed by atoms with Gasteiger partial charge >= 0.3 is 0 Å². The topological polar surface area (TPSA) is 72.4 Å². The summed E-state index contributed by atoms with van der Waals surface area (Å²) in [6, 6.07) is 9.06. The number of aromatic nitrogens is 3. The van der Waals surface area contributed by atoms with Crippen LogP contribution in [0, 0.1) is 6.92 Å². The second-order valence-corrected chi connectivity index (χ2v) is 5.00. The molecule has 3 rings (SSSR count). The summed E-state index contributed by atoms with van der Waals surface area (Å²) in [5, 5.41) is 11.1. The summed E-state index contributed by atoms with van der Waals surface area (Å²) in [6.07, 6.45) is 4.95. The maximum absolute atomic E-state index is 12.0. The van der Waals surface area contributed by atoms with Crippen LogP contribution in [0.3, 0.4) is 0 Å². The van der Waals surface area contributed by atoms with Gasteiger partial charge in [-0.1, -0.05) is 6.07 Å². The van der Waals surface area contributed by atoms with Gasteiger partial charge in [0.25, 0.3) is 0 Å². The van der Waals surface area contributed by atoms with Crippen LogP contribution in [0.5, 0.6) is 0 Å². The predicted octanol–water partition coefficient (Wildman–Crippen LogP) is 2.52. The smallest absolute Gasteiger partial charge is 0.244 e. The minimum Gasteiger partial charge on any atom is -0.462 e. The van der Waals surface area contributed by atoms with Crippen molar-refractivity contribution in [3.8, 4) is 0 Å². The van der Waals surface area contributed by atoms with E-state index in [9.17, 15) is 4.79 Å². The van der Waals surface area contributed by atoms with Gasteiger partial charge in [-0.15, -0.1) is 10.2 Å². The lowest BCUT2D eigenvalue weighted by Gasteiger charge is -2.10. The summed E-state index contributed by atoms with van der Waals surface area (Å²) in [4.78, 5) is 12.0. The van der Waals surface area contributed by atoms with Crippen molar-refractivity contribution >= 4 is 17.6 Å². The highest BCUT2D eigenvalue weighted by atomic mass is 16.3. The SMILES string of the molecule is Cc1ccc(/C=C/C(=O)NC(C)c2nnc3ccccn23)o1. The first-order chi connectivity index (χ1) is 10.6. The van der Waals surface area contributed by atoms with E-state index in [1.54, 1.807) is 6.08 Å². The maximum Gasteiger partial charge on any atom is 0.244 e. The lowest BCUT2D eigenvalue weighted by atomic mass is 10.3. The van der Waals surface area contributed by atoms with Gasteiger partial charge in [0.1, 0.15) is 11.5 Å². The number of hydrogen-bond donors (Lipinski definition) is 1. The number of amides is 1. The van der Waals surface area contributed by atoms with Crippen LogP contribution in [-0.4, -0.2) is 20.5 Å². The van der Waals surface area contributed by atoms with Crippen molar-refractivity contribution in [1.82, 2.24) is 19.9 Å². The Morgan fingerprint density at radius 3 is 2.95 bits per heavy atom. The third-order valence-corrected chi connectivity index (χ3v) is 3.25. The Morgan fingerprint density at radius 1 is 1.32 bits per heavy atom. The zero-order valence-corrected chi connectivity index (χ0v) is 12.4. The zero-order chi connectivity index (χ0) is 15.5. The number of nitrogens with zero attached hydrogens (tertiary/aromatic N) is 3. The molecule has 0 aliphatic heterocycles. The first kappa shape index (κ1) is 14.1. The average Bonchev–Trinajstić information content (AvgIpc) is 3.11. The molecule has 0 spiro atoms. The second kappa shape index (κ2) is 5.85. The highest BCUT2D eigenvalue weighted by Gasteiger charge is 2.14. The lowest BCUT2D eigenvalue weighted by molar-refractivity contribution is -0.117. The van der Waals surface area contributed by atoms with E-state index in [0.29, 0.717) is 11.6 Å². The molecule has 0 radical (unpaired) electrons. The largest absolute Gasteiger partial charge is 0.462 e. The monoisotopic (exact) mass is 296 g/mol. The van der Waals surface area contributed by atoms with E-state index in [0.717, 1.165) is 11.4 Å². The lowest BCUT2D eigenvalue weighted by Crippen LogP contribution is -2.26. The molecule has 1 amide bonds. The molecule has 22 heavy (non-hydrogen) atoms. The fourth-order valence-corrected chi connectivity index (χ4v) is 2.18. The number of nitrogens with one attached hydrogen (secondary N) is 1. The fraction of sp³-hybridized carbons (Fsp3) is 0.188. The Hall–Kier alpha value is -2.89. The molecule has 1 N–H and O–H groups in total. The summed E-state index contributed by atoms with van der Waals surface area (Å²) in [5.74, 6) is 1.93. The number of rotatable bonds is 4. The molecule has 3 aromatic rings. The summed E-state index contributed by atoms with van der Waals surface area (Å²) >= 11 is 0. The van der Waals surface area contributed by atoms with E-state index in [-0.39, 0.29) is 11.9 Å². The van der Waals surface area contributed by atoms with E-state index in [2.05, 4.69) is 15.5 Å². The van der Waals surface area contributed by atoms with Gasteiger partial charge < -0.3 is 9.73 Å². The minimum atomic E-state index is -0.257. The number of hydrogen-bond acceptors (Lipinski definition) is 4. The van der Waals surface area contributed by atoms with Crippen molar-refractivity contribution < 1.29 is 9.21 Å². The molecule has 3 aromatic heterocycles. The van der Waals surface area contributed by atoms with Gasteiger partial charge in [0.05, 0.1) is 6.04 Å². The number of fused-ring (bicyclic) bond motifs is 1. The van der Waals surface area contributed by atoms with E-state index >= 15 is 0 Å². The van der Waals surface area contributed by atoms with Gasteiger partial charge in [-0.05, 0) is 44.2 Å². The predicted molar refractivity (Wildman–Crippen MR) is 82.0 cm³/mol. The van der Waals surface area contributed by atoms with Crippen LogP contribution in [0.4, 0.5) is 0 Å². The van der Waals surface area contributed by atoms with Crippen molar-refractivity contribution in [2.45, 2.75) is 19.9 Å². The number of aryl methyl sites for hydroxylation is 1. The normalized spacial score (nSPS) is 12.8. The highest BCUT2D eigenvalue weighted by molar-refractivity contribution is 5.91. The second-order valence-electron chi connectivity index (χ2n) is 5.00. The summed E-state index contributed by atoms with van der Waals surface area (Å²) < 4.78 is 7.23. The third kappa shape index (κ3) is 2.90. The van der Waals surface area contributed by atoms with Gasteiger partial charge in [0, 0.05) is 12.3 Å². The number of carbonyl (C=O) groups is 1. The molecule has 0 aromatic carbocycles. The van der Waals surface area contributed by atoms with Crippen molar-refractivity contribution in [2.24, 2.45) is 0 Å². The fourth-order valence-electron chi connectivity index (χ4n) is 2.18. The van der Waals surface area contributed by atoms with E-state index in [1.807, 2.05) is 54.8 Å². The van der Waals surface area contributed by atoms with Crippen LogP contribution in [0.15, 0.2) is 47.0 Å². The van der Waals surface area contributed by atoms with Crippen LogP contribution in [0.2, 0.25) is 0 Å². The van der Waals surface area contributed by atoms with Crippen LogP contribution < -0.4 is 5.32 Å². The quantitative estimate of drug-likeness (QED) is 0.751. The number of furan rings is 1. The molecule has 0 saturated carbocycles. The summed E-state index contributed by atoms with van der Waals surface area (Å²) in [6.45, 7) is 3.72. The first-order valence-electron chi connectivity index (χ1n) is 6.98. The molecule has 112 valence electrons. The molecule has 0 fully saturated rings. The van der Waals surface area contributed by atoms with Crippen molar-refractivity contribution in [1.29, 1.82) is 0 Å². The molecule has 0 aliphatic carbocycles. The molecule has 1 atom stereocenters. The van der Waals surface area contributed by atoms with Gasteiger partial charge in [-0.3, -0.25) is 9.20 Å². The van der Waals surface area contributed by atoms with E-state index < -0.39 is 0 Å². The van der Waals surface area contributed by atoms with Crippen LogP contribution in [0.1, 0.15) is 30.3 Å². The molecule has 0 saturated heterocycles. The van der Waals surface area contributed by atoms with Crippen molar-refractivity contribution in [3.63, 3.8) is 0 Å². The van der Waals surface area contributed by atoms with E-state index in [1.165, 1.54) is 6.08 Å². The van der Waals surface area contributed by atoms with Crippen LogP contribution >= 0.6 is 0 Å². The van der Waals surface area contributed by atoms with Crippen LogP contribution in [-0.2, 0) is 4.79 Å². The van der Waals surface area contributed by atoms with Crippen LogP contribution in [0.25, 0.3) is 11.7 Å². The molecule has 6 nitrogen and oxygen atoms in total. The van der Waals surface area contributed by atoms with Gasteiger partial charge in [-0.25, -0.2) is 0 Å². The molecule has 3 heterocycles. The molecular formula is C16H16N4O2. The molecular weight excluding hydrogens is 280 g/mol. The molecule has 0 bridgehead atoms. The van der Waals surface area contributed by atoms with Gasteiger partial charge in [-0.2, -0.15) is 0 Å². The number of carbonyl (C=O) groups excluding carboxylic acids is 1. The summed E-state index contributed by atoms with van der Waals surface area (Å²) in [7, 11) is 0. The zero-order valence-electron chi connectivity index (χ0n) is 12.4. The Morgan fingerprint density at radius 2 is 2.18 bits per heavy atom. The standard InChI is InChI=1S/C16H16N4O2/c1-11-6-7-13(22-11)8-9-15(21)17-12(2)16-19-18-14-5-3-4-10-20(14)16/h3-10,12H,1-2H3,(H,17,21)/b9-8+. The van der Waals surface area contributed by atoms with Crippen molar-refractivity contribution in [3.05, 3.63) is 59.9 Å². The maximum atomic E-state index is 12.0. The summed E-state index contributed by atoms with van der Waals surface area (Å²) in [5.41, 5.74) is 0.750. The van der Waals surface area contributed by atoms with Crippen molar-refractivity contribution in [2.75, 3.05) is 0 Å². The molecule has 0 aliphatic rings. The Bertz CT molecular complexity index is 831. The Labute approximate surface area is 127 Å². The molecule has 1 unspecified atom stereocenters. The van der Waals surface area contributed by atoms with E-state index in [4.69, 9.17) is 4.42 Å².